The number of benzene rings is 1. The number of rotatable bonds is 5. The molecule has 1 atom stereocenters. The maximum absolute atomic E-state index is 11.0. The Kier molecular flexibility index (Phi) is 4.37. The fourth-order valence-corrected chi connectivity index (χ4v) is 1.55. The summed E-state index contributed by atoms with van der Waals surface area (Å²) in [6.07, 6.45) is 0. The van der Waals surface area contributed by atoms with Gasteiger partial charge in [-0.05, 0) is 30.2 Å². The van der Waals surface area contributed by atoms with Gasteiger partial charge < -0.3 is 15.3 Å². The Morgan fingerprint density at radius 3 is 2.12 bits per heavy atom. The first-order chi connectivity index (χ1) is 7.91. The number of nitrogens with zero attached hydrogens (tertiary/aromatic N) is 1. The van der Waals surface area contributed by atoms with Crippen LogP contribution in [0.1, 0.15) is 13.8 Å². The Bertz CT molecular complexity index is 372. The van der Waals surface area contributed by atoms with E-state index >= 15 is 0 Å². The highest BCUT2D eigenvalue weighted by atomic mass is 16.4. The zero-order valence-electron chi connectivity index (χ0n) is 10.8. The number of aliphatic carboxylic acids is 1. The van der Waals surface area contributed by atoms with E-state index in [9.17, 15) is 4.79 Å². The van der Waals surface area contributed by atoms with Crippen LogP contribution in [-0.2, 0) is 4.79 Å². The quantitative estimate of drug-likeness (QED) is 0.823. The summed E-state index contributed by atoms with van der Waals surface area (Å²) in [4.78, 5) is 13.1. The maximum Gasteiger partial charge on any atom is 0.326 e. The van der Waals surface area contributed by atoms with Crippen LogP contribution in [-0.4, -0.2) is 31.2 Å². The van der Waals surface area contributed by atoms with Gasteiger partial charge >= 0.3 is 5.97 Å². The van der Waals surface area contributed by atoms with E-state index in [4.69, 9.17) is 5.11 Å². The molecule has 0 aliphatic carbocycles. The molecule has 1 rings (SSSR count). The van der Waals surface area contributed by atoms with Crippen LogP contribution in [0.3, 0.4) is 0 Å². The minimum Gasteiger partial charge on any atom is -0.480 e. The van der Waals surface area contributed by atoms with E-state index in [1.165, 1.54) is 0 Å². The average molecular weight is 236 g/mol. The molecule has 0 saturated heterocycles. The van der Waals surface area contributed by atoms with Crippen LogP contribution >= 0.6 is 0 Å². The van der Waals surface area contributed by atoms with Gasteiger partial charge in [0.15, 0.2) is 0 Å². The summed E-state index contributed by atoms with van der Waals surface area (Å²) in [6, 6.07) is 7.16. The molecule has 1 aromatic rings. The number of carboxylic acid groups (broad SMARTS) is 1. The number of nitrogens with one attached hydrogen (secondary N) is 1. The Morgan fingerprint density at radius 2 is 1.76 bits per heavy atom. The third-order valence-corrected chi connectivity index (χ3v) is 2.64. The lowest BCUT2D eigenvalue weighted by atomic mass is 10.0. The monoisotopic (exact) mass is 236 g/mol. The van der Waals surface area contributed by atoms with Crippen LogP contribution in [0, 0.1) is 5.92 Å². The molecule has 1 unspecified atom stereocenters. The molecule has 17 heavy (non-hydrogen) atoms. The molecule has 0 amide bonds. The lowest BCUT2D eigenvalue weighted by molar-refractivity contribution is -0.138. The van der Waals surface area contributed by atoms with Crippen LogP contribution in [0.4, 0.5) is 11.4 Å². The highest BCUT2D eigenvalue weighted by Crippen LogP contribution is 2.18. The van der Waals surface area contributed by atoms with Gasteiger partial charge in [-0.1, -0.05) is 13.8 Å². The second-order valence-electron chi connectivity index (χ2n) is 4.65. The van der Waals surface area contributed by atoms with Crippen molar-refractivity contribution in [3.63, 3.8) is 0 Å². The van der Waals surface area contributed by atoms with Gasteiger partial charge in [0.1, 0.15) is 6.04 Å². The predicted octanol–water partition coefficient (Wildman–Crippen LogP) is 2.27. The Hall–Kier alpha value is -1.71. The highest BCUT2D eigenvalue weighted by Gasteiger charge is 2.20. The molecule has 0 aliphatic rings. The standard InChI is InChI=1S/C13H20N2O2/c1-9(2)12(13(16)17)14-10-5-7-11(8-6-10)15(3)4/h5-9,12,14H,1-4H3,(H,16,17). The molecule has 0 bridgehead atoms. The van der Waals surface area contributed by atoms with Crippen LogP contribution in [0.15, 0.2) is 24.3 Å². The van der Waals surface area contributed by atoms with Crippen molar-refractivity contribution in [1.29, 1.82) is 0 Å². The number of carboxylic acids is 1. The molecule has 0 spiro atoms. The van der Waals surface area contributed by atoms with Crippen LogP contribution in [0.2, 0.25) is 0 Å². The zero-order chi connectivity index (χ0) is 13.0. The lowest BCUT2D eigenvalue weighted by Crippen LogP contribution is -2.34. The molecule has 0 aromatic heterocycles. The smallest absolute Gasteiger partial charge is 0.326 e. The first kappa shape index (κ1) is 13.4. The maximum atomic E-state index is 11.0. The first-order valence-electron chi connectivity index (χ1n) is 5.68. The molecule has 0 fully saturated rings. The fourth-order valence-electron chi connectivity index (χ4n) is 1.55. The topological polar surface area (TPSA) is 52.6 Å². The second kappa shape index (κ2) is 5.57. The summed E-state index contributed by atoms with van der Waals surface area (Å²) < 4.78 is 0. The third kappa shape index (κ3) is 3.66. The summed E-state index contributed by atoms with van der Waals surface area (Å²) in [6.45, 7) is 3.78. The first-order valence-corrected chi connectivity index (χ1v) is 5.68. The highest BCUT2D eigenvalue weighted by molar-refractivity contribution is 5.77. The minimum absolute atomic E-state index is 0.0426. The molecule has 4 heteroatoms. The van der Waals surface area contributed by atoms with E-state index in [0.29, 0.717) is 0 Å². The van der Waals surface area contributed by atoms with Crippen molar-refractivity contribution in [2.24, 2.45) is 5.92 Å². The largest absolute Gasteiger partial charge is 0.480 e. The molecule has 4 nitrogen and oxygen atoms in total. The number of anilines is 2. The molecule has 1 aromatic carbocycles. The van der Waals surface area contributed by atoms with Crippen molar-refractivity contribution in [3.8, 4) is 0 Å². The summed E-state index contributed by atoms with van der Waals surface area (Å²) in [5.41, 5.74) is 1.92. The normalized spacial score (nSPS) is 12.3. The summed E-state index contributed by atoms with van der Waals surface area (Å²) in [7, 11) is 3.94. The molecule has 0 saturated carbocycles. The molecule has 94 valence electrons. The molecule has 0 aliphatic heterocycles. The van der Waals surface area contributed by atoms with Gasteiger partial charge in [0.2, 0.25) is 0 Å². The van der Waals surface area contributed by atoms with E-state index in [2.05, 4.69) is 5.32 Å². The van der Waals surface area contributed by atoms with Gasteiger partial charge in [-0.3, -0.25) is 0 Å². The van der Waals surface area contributed by atoms with Crippen molar-refractivity contribution in [3.05, 3.63) is 24.3 Å². The van der Waals surface area contributed by atoms with E-state index in [1.807, 2.05) is 57.1 Å². The Morgan fingerprint density at radius 1 is 1.24 bits per heavy atom. The van der Waals surface area contributed by atoms with Gasteiger partial charge in [0, 0.05) is 25.5 Å². The van der Waals surface area contributed by atoms with Gasteiger partial charge in [-0.2, -0.15) is 0 Å². The number of hydrogen-bond acceptors (Lipinski definition) is 3. The van der Waals surface area contributed by atoms with E-state index in [0.717, 1.165) is 11.4 Å². The molecule has 0 radical (unpaired) electrons. The second-order valence-corrected chi connectivity index (χ2v) is 4.65. The zero-order valence-corrected chi connectivity index (χ0v) is 10.8. The Balaban J connectivity index is 2.77. The number of hydrogen-bond donors (Lipinski definition) is 2. The van der Waals surface area contributed by atoms with Crippen LogP contribution < -0.4 is 10.2 Å². The van der Waals surface area contributed by atoms with Crippen molar-refractivity contribution in [2.75, 3.05) is 24.3 Å². The van der Waals surface area contributed by atoms with Crippen molar-refractivity contribution < 1.29 is 9.90 Å². The van der Waals surface area contributed by atoms with Gasteiger partial charge in [0.05, 0.1) is 0 Å². The van der Waals surface area contributed by atoms with Gasteiger partial charge in [-0.25, -0.2) is 4.79 Å². The third-order valence-electron chi connectivity index (χ3n) is 2.64. The Labute approximate surface area is 102 Å². The van der Waals surface area contributed by atoms with Crippen molar-refractivity contribution in [2.45, 2.75) is 19.9 Å². The fraction of sp³-hybridized carbons (Fsp3) is 0.462. The lowest BCUT2D eigenvalue weighted by Gasteiger charge is -2.20. The summed E-state index contributed by atoms with van der Waals surface area (Å²) >= 11 is 0. The van der Waals surface area contributed by atoms with Gasteiger partial charge in [-0.15, -0.1) is 0 Å². The molecule has 2 N–H and O–H groups in total. The van der Waals surface area contributed by atoms with Crippen molar-refractivity contribution >= 4 is 17.3 Å². The molecule has 0 heterocycles. The minimum atomic E-state index is -0.823. The van der Waals surface area contributed by atoms with Crippen LogP contribution in [0.25, 0.3) is 0 Å². The number of carbonyl (C=O) groups is 1. The molecular formula is C13H20N2O2. The van der Waals surface area contributed by atoms with Crippen molar-refractivity contribution in [1.82, 2.24) is 0 Å². The van der Waals surface area contributed by atoms with E-state index in [1.54, 1.807) is 0 Å². The summed E-state index contributed by atoms with van der Waals surface area (Å²) in [5, 5.41) is 12.1. The predicted molar refractivity (Wildman–Crippen MR) is 70.7 cm³/mol. The average Bonchev–Trinajstić information content (AvgIpc) is 2.25. The van der Waals surface area contributed by atoms with E-state index < -0.39 is 12.0 Å². The van der Waals surface area contributed by atoms with Crippen LogP contribution in [0.5, 0.6) is 0 Å². The SMILES string of the molecule is CC(C)C(Nc1ccc(N(C)C)cc1)C(=O)O. The molecular weight excluding hydrogens is 216 g/mol. The van der Waals surface area contributed by atoms with Gasteiger partial charge in [0.25, 0.3) is 0 Å². The summed E-state index contributed by atoms with van der Waals surface area (Å²) in [5.74, 6) is -0.780. The van der Waals surface area contributed by atoms with E-state index in [-0.39, 0.29) is 5.92 Å².